The Hall–Kier alpha value is -0.980. The molecule has 0 aliphatic carbocycles. The number of nitrogens with zero attached hydrogens (tertiary/aromatic N) is 3. The van der Waals surface area contributed by atoms with Gasteiger partial charge in [-0.1, -0.05) is 18.3 Å². The van der Waals surface area contributed by atoms with Gasteiger partial charge in [-0.05, 0) is 31.6 Å². The molecule has 2 rings (SSSR count). The van der Waals surface area contributed by atoms with Gasteiger partial charge in [-0.2, -0.15) is 0 Å². The second-order valence-electron chi connectivity index (χ2n) is 4.61. The molecule has 1 aliphatic rings. The van der Waals surface area contributed by atoms with E-state index in [1.54, 1.807) is 6.07 Å². The molecule has 1 saturated heterocycles. The van der Waals surface area contributed by atoms with Crippen molar-refractivity contribution < 1.29 is 4.92 Å². The molecular weight excluding hydrogens is 250 g/mol. The molecule has 0 unspecified atom stereocenters. The number of thiophene rings is 1. The third kappa shape index (κ3) is 3.51. The molecule has 0 amide bonds. The fraction of sp³-hybridized carbons (Fsp3) is 0.667. The quantitative estimate of drug-likeness (QED) is 0.621. The topological polar surface area (TPSA) is 49.6 Å². The van der Waals surface area contributed by atoms with Crippen LogP contribution in [-0.2, 0) is 6.54 Å². The molecule has 0 atom stereocenters. The molecule has 6 heteroatoms. The molecule has 1 fully saturated rings. The minimum atomic E-state index is -0.310. The van der Waals surface area contributed by atoms with Crippen molar-refractivity contribution in [2.75, 3.05) is 32.7 Å². The zero-order chi connectivity index (χ0) is 13.0. The van der Waals surface area contributed by atoms with Crippen molar-refractivity contribution in [1.29, 1.82) is 0 Å². The Kier molecular flexibility index (Phi) is 4.68. The van der Waals surface area contributed by atoms with E-state index in [1.165, 1.54) is 17.8 Å². The first kappa shape index (κ1) is 13.5. The molecule has 5 nitrogen and oxygen atoms in total. The Morgan fingerprint density at radius 2 is 2.06 bits per heavy atom. The van der Waals surface area contributed by atoms with E-state index >= 15 is 0 Å². The molecule has 18 heavy (non-hydrogen) atoms. The molecule has 0 bridgehead atoms. The Labute approximate surface area is 111 Å². The fourth-order valence-electron chi connectivity index (χ4n) is 2.30. The summed E-state index contributed by atoms with van der Waals surface area (Å²) in [5.41, 5.74) is 1.07. The van der Waals surface area contributed by atoms with Crippen molar-refractivity contribution in [3.63, 3.8) is 0 Å². The summed E-state index contributed by atoms with van der Waals surface area (Å²) in [7, 11) is 0. The van der Waals surface area contributed by atoms with Gasteiger partial charge in [-0.25, -0.2) is 0 Å². The van der Waals surface area contributed by atoms with E-state index in [0.29, 0.717) is 0 Å². The zero-order valence-corrected chi connectivity index (χ0v) is 11.5. The Morgan fingerprint density at radius 1 is 1.33 bits per heavy atom. The van der Waals surface area contributed by atoms with Gasteiger partial charge in [-0.3, -0.25) is 15.0 Å². The summed E-state index contributed by atoms with van der Waals surface area (Å²) in [6.07, 6.45) is 1.18. The van der Waals surface area contributed by atoms with Gasteiger partial charge in [-0.15, -0.1) is 0 Å². The normalized spacial score (nSPS) is 18.7. The number of likely N-dealkylation sites (N-methyl/N-ethyl adjacent to an activating group) is 1. The molecule has 0 N–H and O–H groups in total. The van der Waals surface area contributed by atoms with Gasteiger partial charge in [0.1, 0.15) is 0 Å². The highest BCUT2D eigenvalue weighted by atomic mass is 32.1. The average molecular weight is 269 g/mol. The van der Waals surface area contributed by atoms with Crippen LogP contribution in [0.4, 0.5) is 5.00 Å². The first-order valence-electron chi connectivity index (χ1n) is 6.35. The molecule has 1 aliphatic heterocycles. The smallest absolute Gasteiger partial charge is 0.302 e. The third-order valence-corrected chi connectivity index (χ3v) is 4.28. The van der Waals surface area contributed by atoms with Crippen LogP contribution in [0.1, 0.15) is 18.9 Å². The molecule has 1 aromatic heterocycles. The van der Waals surface area contributed by atoms with Gasteiger partial charge in [0.15, 0.2) is 0 Å². The predicted molar refractivity (Wildman–Crippen MR) is 73.0 cm³/mol. The van der Waals surface area contributed by atoms with E-state index in [4.69, 9.17) is 0 Å². The maximum Gasteiger partial charge on any atom is 0.324 e. The summed E-state index contributed by atoms with van der Waals surface area (Å²) in [4.78, 5) is 15.2. The van der Waals surface area contributed by atoms with E-state index in [0.717, 1.165) is 44.8 Å². The number of hydrogen-bond donors (Lipinski definition) is 0. The third-order valence-electron chi connectivity index (χ3n) is 3.35. The number of rotatable bonds is 4. The lowest BCUT2D eigenvalue weighted by Gasteiger charge is -2.20. The Morgan fingerprint density at radius 3 is 2.72 bits per heavy atom. The molecule has 0 saturated carbocycles. The van der Waals surface area contributed by atoms with Crippen LogP contribution in [-0.4, -0.2) is 47.4 Å². The molecule has 0 radical (unpaired) electrons. The summed E-state index contributed by atoms with van der Waals surface area (Å²) in [6, 6.07) is 1.70. The van der Waals surface area contributed by atoms with Gasteiger partial charge in [0.05, 0.1) is 4.92 Å². The lowest BCUT2D eigenvalue weighted by Crippen LogP contribution is -2.30. The Balaban J connectivity index is 1.90. The first-order chi connectivity index (χ1) is 8.69. The van der Waals surface area contributed by atoms with Crippen LogP contribution in [0.5, 0.6) is 0 Å². The molecule has 2 heterocycles. The predicted octanol–water partition coefficient (Wildman–Crippen LogP) is 2.18. The molecule has 1 aromatic rings. The largest absolute Gasteiger partial charge is 0.324 e. The second kappa shape index (κ2) is 6.26. The SMILES string of the molecule is CCN1CCCN(Cc2csc([N+](=O)[O-])c2)CC1. The zero-order valence-electron chi connectivity index (χ0n) is 10.7. The van der Waals surface area contributed by atoms with Crippen molar-refractivity contribution in [2.45, 2.75) is 19.9 Å². The lowest BCUT2D eigenvalue weighted by atomic mass is 10.3. The van der Waals surface area contributed by atoms with Crippen molar-refractivity contribution in [2.24, 2.45) is 0 Å². The van der Waals surface area contributed by atoms with Crippen LogP contribution < -0.4 is 0 Å². The maximum atomic E-state index is 10.6. The van der Waals surface area contributed by atoms with Crippen LogP contribution in [0.15, 0.2) is 11.4 Å². The molecule has 100 valence electrons. The summed E-state index contributed by atoms with van der Waals surface area (Å²) < 4.78 is 0. The van der Waals surface area contributed by atoms with E-state index in [1.807, 2.05) is 5.38 Å². The minimum absolute atomic E-state index is 0.245. The molecular formula is C12H19N3O2S. The van der Waals surface area contributed by atoms with Crippen LogP contribution in [0.25, 0.3) is 0 Å². The molecule has 0 spiro atoms. The van der Waals surface area contributed by atoms with Gasteiger partial charge in [0, 0.05) is 31.1 Å². The van der Waals surface area contributed by atoms with Crippen molar-refractivity contribution in [3.05, 3.63) is 27.1 Å². The maximum absolute atomic E-state index is 10.6. The van der Waals surface area contributed by atoms with E-state index in [-0.39, 0.29) is 9.92 Å². The fourth-order valence-corrected chi connectivity index (χ4v) is 3.02. The number of hydrogen-bond acceptors (Lipinski definition) is 5. The lowest BCUT2D eigenvalue weighted by molar-refractivity contribution is -0.380. The van der Waals surface area contributed by atoms with Crippen molar-refractivity contribution in [1.82, 2.24) is 9.80 Å². The van der Waals surface area contributed by atoms with Crippen molar-refractivity contribution in [3.8, 4) is 0 Å². The van der Waals surface area contributed by atoms with Gasteiger partial charge < -0.3 is 4.90 Å². The summed E-state index contributed by atoms with van der Waals surface area (Å²) in [5.74, 6) is 0. The van der Waals surface area contributed by atoms with E-state index in [2.05, 4.69) is 16.7 Å². The van der Waals surface area contributed by atoms with Gasteiger partial charge in [0.25, 0.3) is 0 Å². The van der Waals surface area contributed by atoms with Gasteiger partial charge >= 0.3 is 5.00 Å². The van der Waals surface area contributed by atoms with Gasteiger partial charge in [0.2, 0.25) is 0 Å². The van der Waals surface area contributed by atoms with E-state index in [9.17, 15) is 10.1 Å². The average Bonchev–Trinajstić information content (AvgIpc) is 2.69. The summed E-state index contributed by atoms with van der Waals surface area (Å²) >= 11 is 1.22. The van der Waals surface area contributed by atoms with Crippen LogP contribution in [0.3, 0.4) is 0 Å². The van der Waals surface area contributed by atoms with Crippen LogP contribution in [0, 0.1) is 10.1 Å². The highest BCUT2D eigenvalue weighted by Crippen LogP contribution is 2.23. The highest BCUT2D eigenvalue weighted by molar-refractivity contribution is 7.13. The second-order valence-corrected chi connectivity index (χ2v) is 5.50. The number of nitro groups is 1. The minimum Gasteiger partial charge on any atom is -0.302 e. The highest BCUT2D eigenvalue weighted by Gasteiger charge is 2.16. The van der Waals surface area contributed by atoms with Crippen LogP contribution >= 0.6 is 11.3 Å². The Bertz CT molecular complexity index is 408. The monoisotopic (exact) mass is 269 g/mol. The summed E-state index contributed by atoms with van der Waals surface area (Å²) in [6.45, 7) is 8.54. The first-order valence-corrected chi connectivity index (χ1v) is 7.23. The van der Waals surface area contributed by atoms with Crippen LogP contribution in [0.2, 0.25) is 0 Å². The molecule has 0 aromatic carbocycles. The van der Waals surface area contributed by atoms with Crippen molar-refractivity contribution >= 4 is 16.3 Å². The summed E-state index contributed by atoms with van der Waals surface area (Å²) in [5, 5.41) is 12.8. The standard InChI is InChI=1S/C12H19N3O2S/c1-2-13-4-3-5-14(7-6-13)9-11-8-12(15(16)17)18-10-11/h8,10H,2-7,9H2,1H3. The van der Waals surface area contributed by atoms with E-state index < -0.39 is 0 Å².